The SMILES string of the molecule is O=C1c2ccccc2N[C@H](c2ccncc2)N1Cc1ccco1. The quantitative estimate of drug-likeness (QED) is 0.805. The molecule has 3 heterocycles. The van der Waals surface area contributed by atoms with Crippen molar-refractivity contribution in [3.63, 3.8) is 0 Å². The first-order chi connectivity index (χ1) is 11.3. The van der Waals surface area contributed by atoms with E-state index in [4.69, 9.17) is 4.42 Å². The summed E-state index contributed by atoms with van der Waals surface area (Å²) in [5, 5.41) is 3.44. The first-order valence-electron chi connectivity index (χ1n) is 7.42. The molecule has 3 aromatic rings. The highest BCUT2D eigenvalue weighted by Crippen LogP contribution is 2.33. The summed E-state index contributed by atoms with van der Waals surface area (Å²) in [6.07, 6.45) is 4.82. The molecule has 1 aromatic carbocycles. The zero-order valence-electron chi connectivity index (χ0n) is 12.3. The topological polar surface area (TPSA) is 58.4 Å². The summed E-state index contributed by atoms with van der Waals surface area (Å²) in [7, 11) is 0. The Morgan fingerprint density at radius 2 is 1.91 bits per heavy atom. The summed E-state index contributed by atoms with van der Waals surface area (Å²) >= 11 is 0. The molecule has 0 saturated heterocycles. The minimum atomic E-state index is -0.259. The zero-order valence-corrected chi connectivity index (χ0v) is 12.3. The Labute approximate surface area is 133 Å². The number of carbonyl (C=O) groups excluding carboxylic acids is 1. The van der Waals surface area contributed by atoms with Gasteiger partial charge in [-0.1, -0.05) is 12.1 Å². The van der Waals surface area contributed by atoms with E-state index in [2.05, 4.69) is 10.3 Å². The standard InChI is InChI=1S/C18H15N3O2/c22-18-15-5-1-2-6-16(15)20-17(13-7-9-19-10-8-13)21(18)12-14-4-3-11-23-14/h1-11,17,20H,12H2/t17-/m0/s1. The third kappa shape index (κ3) is 2.46. The number of nitrogens with zero attached hydrogens (tertiary/aromatic N) is 2. The van der Waals surface area contributed by atoms with Crippen LogP contribution in [0.2, 0.25) is 0 Å². The Kier molecular flexibility index (Phi) is 3.31. The highest BCUT2D eigenvalue weighted by Gasteiger charge is 2.33. The monoisotopic (exact) mass is 305 g/mol. The summed E-state index contributed by atoms with van der Waals surface area (Å²) < 4.78 is 5.42. The predicted octanol–water partition coefficient (Wildman–Crippen LogP) is 3.44. The van der Waals surface area contributed by atoms with Crippen molar-refractivity contribution in [2.24, 2.45) is 0 Å². The van der Waals surface area contributed by atoms with Gasteiger partial charge in [0.25, 0.3) is 5.91 Å². The van der Waals surface area contributed by atoms with Crippen LogP contribution in [0.4, 0.5) is 5.69 Å². The molecule has 0 saturated carbocycles. The highest BCUT2D eigenvalue weighted by atomic mass is 16.3. The molecule has 0 spiro atoms. The second-order valence-corrected chi connectivity index (χ2v) is 5.39. The Hall–Kier alpha value is -3.08. The van der Waals surface area contributed by atoms with Crippen molar-refractivity contribution in [1.82, 2.24) is 9.88 Å². The fourth-order valence-corrected chi connectivity index (χ4v) is 2.84. The number of para-hydroxylation sites is 1. The van der Waals surface area contributed by atoms with Gasteiger partial charge in [0.15, 0.2) is 0 Å². The lowest BCUT2D eigenvalue weighted by atomic mass is 10.0. The maximum atomic E-state index is 13.0. The number of carbonyl (C=O) groups is 1. The molecule has 114 valence electrons. The molecular formula is C18H15N3O2. The van der Waals surface area contributed by atoms with Gasteiger partial charge in [0.2, 0.25) is 0 Å². The molecule has 1 N–H and O–H groups in total. The van der Waals surface area contributed by atoms with Gasteiger partial charge >= 0.3 is 0 Å². The van der Waals surface area contributed by atoms with Gasteiger partial charge < -0.3 is 14.6 Å². The molecule has 1 aliphatic rings. The highest BCUT2D eigenvalue weighted by molar-refractivity contribution is 6.01. The minimum Gasteiger partial charge on any atom is -0.467 e. The molecule has 0 unspecified atom stereocenters. The van der Waals surface area contributed by atoms with Crippen molar-refractivity contribution in [3.05, 3.63) is 84.1 Å². The molecule has 1 aliphatic heterocycles. The van der Waals surface area contributed by atoms with Crippen LogP contribution in [0.5, 0.6) is 0 Å². The van der Waals surface area contributed by atoms with E-state index < -0.39 is 0 Å². The van der Waals surface area contributed by atoms with Crippen LogP contribution in [0.3, 0.4) is 0 Å². The van der Waals surface area contributed by atoms with E-state index in [9.17, 15) is 4.79 Å². The van der Waals surface area contributed by atoms with Crippen LogP contribution >= 0.6 is 0 Å². The van der Waals surface area contributed by atoms with E-state index in [0.717, 1.165) is 17.0 Å². The number of anilines is 1. The van der Waals surface area contributed by atoms with Gasteiger partial charge in [0.1, 0.15) is 11.9 Å². The molecule has 5 heteroatoms. The molecule has 0 bridgehead atoms. The van der Waals surface area contributed by atoms with Gasteiger partial charge in [-0.3, -0.25) is 9.78 Å². The number of amides is 1. The van der Waals surface area contributed by atoms with Crippen LogP contribution in [0.25, 0.3) is 0 Å². The van der Waals surface area contributed by atoms with Crippen molar-refractivity contribution in [1.29, 1.82) is 0 Å². The van der Waals surface area contributed by atoms with Gasteiger partial charge in [-0.05, 0) is 42.0 Å². The number of fused-ring (bicyclic) bond motifs is 1. The van der Waals surface area contributed by atoms with E-state index in [0.29, 0.717) is 12.1 Å². The Morgan fingerprint density at radius 1 is 1.09 bits per heavy atom. The Morgan fingerprint density at radius 3 is 2.70 bits per heavy atom. The zero-order chi connectivity index (χ0) is 15.6. The number of hydrogen-bond donors (Lipinski definition) is 1. The molecule has 1 amide bonds. The summed E-state index contributed by atoms with van der Waals surface area (Å²) in [4.78, 5) is 18.8. The number of furan rings is 1. The number of rotatable bonds is 3. The molecule has 4 rings (SSSR count). The summed E-state index contributed by atoms with van der Waals surface area (Å²) in [6, 6.07) is 15.1. The lowest BCUT2D eigenvalue weighted by Gasteiger charge is -2.37. The largest absolute Gasteiger partial charge is 0.467 e. The third-order valence-corrected chi connectivity index (χ3v) is 3.95. The molecule has 23 heavy (non-hydrogen) atoms. The van der Waals surface area contributed by atoms with Crippen molar-refractivity contribution >= 4 is 11.6 Å². The number of nitrogens with one attached hydrogen (secondary N) is 1. The number of aromatic nitrogens is 1. The van der Waals surface area contributed by atoms with Gasteiger partial charge in [0.05, 0.1) is 18.4 Å². The van der Waals surface area contributed by atoms with Gasteiger partial charge in [0, 0.05) is 18.1 Å². The molecular weight excluding hydrogens is 290 g/mol. The van der Waals surface area contributed by atoms with Crippen molar-refractivity contribution in [2.75, 3.05) is 5.32 Å². The average Bonchev–Trinajstić information content (AvgIpc) is 3.11. The minimum absolute atomic E-state index is 0.0161. The normalized spacial score (nSPS) is 16.8. The van der Waals surface area contributed by atoms with Crippen molar-refractivity contribution in [3.8, 4) is 0 Å². The van der Waals surface area contributed by atoms with E-state index in [1.165, 1.54) is 0 Å². The lowest BCUT2D eigenvalue weighted by Crippen LogP contribution is -2.42. The lowest BCUT2D eigenvalue weighted by molar-refractivity contribution is 0.0651. The van der Waals surface area contributed by atoms with Crippen molar-refractivity contribution in [2.45, 2.75) is 12.7 Å². The van der Waals surface area contributed by atoms with Crippen LogP contribution < -0.4 is 5.32 Å². The van der Waals surface area contributed by atoms with Crippen LogP contribution in [0.1, 0.15) is 27.8 Å². The molecule has 0 fully saturated rings. The van der Waals surface area contributed by atoms with Crippen molar-refractivity contribution < 1.29 is 9.21 Å². The maximum Gasteiger partial charge on any atom is 0.258 e. The summed E-state index contributed by atoms with van der Waals surface area (Å²) in [5.74, 6) is 0.733. The van der Waals surface area contributed by atoms with Crippen LogP contribution in [0, 0.1) is 0 Å². The second-order valence-electron chi connectivity index (χ2n) is 5.39. The number of hydrogen-bond acceptors (Lipinski definition) is 4. The Balaban J connectivity index is 1.76. The first kappa shape index (κ1) is 13.6. The van der Waals surface area contributed by atoms with Gasteiger partial charge in [-0.15, -0.1) is 0 Å². The Bertz CT molecular complexity index is 815. The molecule has 1 atom stereocenters. The average molecular weight is 305 g/mol. The van der Waals surface area contributed by atoms with Gasteiger partial charge in [-0.25, -0.2) is 0 Å². The number of pyridine rings is 1. The first-order valence-corrected chi connectivity index (χ1v) is 7.42. The summed E-state index contributed by atoms with van der Waals surface area (Å²) in [6.45, 7) is 0.403. The van der Waals surface area contributed by atoms with E-state index in [-0.39, 0.29) is 12.1 Å². The van der Waals surface area contributed by atoms with E-state index in [1.54, 1.807) is 23.6 Å². The van der Waals surface area contributed by atoms with Crippen LogP contribution in [0.15, 0.2) is 71.6 Å². The van der Waals surface area contributed by atoms with Gasteiger partial charge in [-0.2, -0.15) is 0 Å². The van der Waals surface area contributed by atoms with Crippen LogP contribution in [-0.4, -0.2) is 15.8 Å². The predicted molar refractivity (Wildman–Crippen MR) is 85.6 cm³/mol. The third-order valence-electron chi connectivity index (χ3n) is 3.95. The molecule has 0 aliphatic carbocycles. The number of benzene rings is 1. The fraction of sp³-hybridized carbons (Fsp3) is 0.111. The van der Waals surface area contributed by atoms with E-state index >= 15 is 0 Å². The smallest absolute Gasteiger partial charge is 0.258 e. The van der Waals surface area contributed by atoms with E-state index in [1.807, 2.05) is 48.5 Å². The summed E-state index contributed by atoms with van der Waals surface area (Å²) in [5.41, 5.74) is 2.49. The maximum absolute atomic E-state index is 13.0. The van der Waals surface area contributed by atoms with Crippen LogP contribution in [-0.2, 0) is 6.54 Å². The molecule has 2 aromatic heterocycles. The fourth-order valence-electron chi connectivity index (χ4n) is 2.84. The second kappa shape index (κ2) is 5.61. The molecule has 5 nitrogen and oxygen atoms in total. The molecule has 0 radical (unpaired) electrons.